The summed E-state index contributed by atoms with van der Waals surface area (Å²) < 4.78 is 28.6. The lowest BCUT2D eigenvalue weighted by atomic mass is 10.1. The van der Waals surface area contributed by atoms with Gasteiger partial charge in [-0.05, 0) is 26.0 Å². The second-order valence-electron chi connectivity index (χ2n) is 6.59. The summed E-state index contributed by atoms with van der Waals surface area (Å²) in [5.74, 6) is 2.07. The Hall–Kier alpha value is -2.68. The number of fused-ring (bicyclic) bond motifs is 1. The van der Waals surface area contributed by atoms with Crippen molar-refractivity contribution < 1.29 is 8.42 Å². The van der Waals surface area contributed by atoms with E-state index < -0.39 is 10.0 Å². The van der Waals surface area contributed by atoms with Gasteiger partial charge in [-0.1, -0.05) is 12.1 Å². The van der Waals surface area contributed by atoms with Crippen LogP contribution in [0.3, 0.4) is 0 Å². The predicted molar refractivity (Wildman–Crippen MR) is 105 cm³/mol. The zero-order valence-electron chi connectivity index (χ0n) is 15.4. The Morgan fingerprint density at radius 1 is 1.07 bits per heavy atom. The number of aryl methyl sites for hydroxylation is 1. The minimum Gasteiger partial charge on any atom is -0.370 e. The fraction of sp³-hybridized carbons (Fsp3) is 0.389. The van der Waals surface area contributed by atoms with E-state index in [2.05, 4.69) is 24.6 Å². The fourth-order valence-corrected chi connectivity index (χ4v) is 4.63. The summed E-state index contributed by atoms with van der Waals surface area (Å²) >= 11 is 0. The fourth-order valence-electron chi connectivity index (χ4n) is 3.40. The number of anilines is 2. The maximum absolute atomic E-state index is 12.3. The van der Waals surface area contributed by atoms with Gasteiger partial charge >= 0.3 is 0 Å². The molecule has 1 aromatic heterocycles. The minimum atomic E-state index is -3.59. The molecule has 0 bridgehead atoms. The summed E-state index contributed by atoms with van der Waals surface area (Å²) in [6.07, 6.45) is 0. The molecule has 1 aromatic carbocycles. The highest BCUT2D eigenvalue weighted by atomic mass is 32.2. The molecule has 0 spiro atoms. The third kappa shape index (κ3) is 3.34. The SMILES string of the molecule is CCNc1cc(C)nc(N2CCN(C3=NS(=O)(=O)c4ccccc43)CC2)n1. The lowest BCUT2D eigenvalue weighted by Gasteiger charge is -2.36. The Labute approximate surface area is 159 Å². The van der Waals surface area contributed by atoms with Gasteiger partial charge in [0.15, 0.2) is 5.84 Å². The number of benzene rings is 1. The molecule has 2 aliphatic rings. The molecule has 0 radical (unpaired) electrons. The number of nitrogens with one attached hydrogen (secondary N) is 1. The Bertz CT molecular complexity index is 997. The summed E-state index contributed by atoms with van der Waals surface area (Å²) in [5.41, 5.74) is 1.60. The Morgan fingerprint density at radius 3 is 2.52 bits per heavy atom. The topological polar surface area (TPSA) is 90.8 Å². The first-order chi connectivity index (χ1) is 13.0. The molecular formula is C18H22N6O2S. The third-order valence-electron chi connectivity index (χ3n) is 4.67. The lowest BCUT2D eigenvalue weighted by molar-refractivity contribution is 0.384. The molecule has 2 aromatic rings. The molecule has 1 fully saturated rings. The van der Waals surface area contributed by atoms with Gasteiger partial charge in [-0.2, -0.15) is 13.4 Å². The molecule has 2 aliphatic heterocycles. The molecule has 1 N–H and O–H groups in total. The number of hydrogen-bond acceptors (Lipinski definition) is 7. The Kier molecular flexibility index (Phi) is 4.47. The van der Waals surface area contributed by atoms with E-state index in [0.717, 1.165) is 18.1 Å². The first-order valence-corrected chi connectivity index (χ1v) is 10.5. The lowest BCUT2D eigenvalue weighted by Crippen LogP contribution is -2.49. The van der Waals surface area contributed by atoms with Gasteiger partial charge in [-0.15, -0.1) is 4.40 Å². The van der Waals surface area contributed by atoms with Crippen LogP contribution < -0.4 is 10.2 Å². The van der Waals surface area contributed by atoms with E-state index in [-0.39, 0.29) is 0 Å². The molecule has 3 heterocycles. The van der Waals surface area contributed by atoms with Crippen molar-refractivity contribution in [2.45, 2.75) is 18.7 Å². The number of sulfonamides is 1. The molecule has 27 heavy (non-hydrogen) atoms. The van der Waals surface area contributed by atoms with E-state index in [4.69, 9.17) is 0 Å². The first kappa shape index (κ1) is 17.7. The average Bonchev–Trinajstić information content (AvgIpc) is 2.93. The van der Waals surface area contributed by atoms with E-state index in [1.54, 1.807) is 12.1 Å². The van der Waals surface area contributed by atoms with Gasteiger partial charge in [-0.3, -0.25) is 0 Å². The van der Waals surface area contributed by atoms with Gasteiger partial charge in [0, 0.05) is 50.0 Å². The van der Waals surface area contributed by atoms with E-state index in [9.17, 15) is 8.42 Å². The molecule has 0 atom stereocenters. The van der Waals surface area contributed by atoms with Crippen LogP contribution in [0.1, 0.15) is 18.2 Å². The van der Waals surface area contributed by atoms with Crippen LogP contribution in [0, 0.1) is 6.92 Å². The second-order valence-corrected chi connectivity index (χ2v) is 8.16. The van der Waals surface area contributed by atoms with Crippen molar-refractivity contribution in [3.05, 3.63) is 41.6 Å². The van der Waals surface area contributed by atoms with Gasteiger partial charge in [0.25, 0.3) is 10.0 Å². The molecule has 0 amide bonds. The minimum absolute atomic E-state index is 0.291. The number of nitrogens with zero attached hydrogens (tertiary/aromatic N) is 5. The average molecular weight is 386 g/mol. The van der Waals surface area contributed by atoms with Crippen LogP contribution >= 0.6 is 0 Å². The Balaban J connectivity index is 1.52. The highest BCUT2D eigenvalue weighted by molar-refractivity contribution is 7.90. The van der Waals surface area contributed by atoms with Gasteiger partial charge in [0.2, 0.25) is 5.95 Å². The molecule has 9 heteroatoms. The Morgan fingerprint density at radius 2 is 1.78 bits per heavy atom. The molecule has 0 saturated carbocycles. The third-order valence-corrected chi connectivity index (χ3v) is 6.00. The first-order valence-electron chi connectivity index (χ1n) is 9.02. The molecule has 0 unspecified atom stereocenters. The summed E-state index contributed by atoms with van der Waals surface area (Å²) in [6.45, 7) is 7.53. The van der Waals surface area contributed by atoms with Crippen molar-refractivity contribution in [2.75, 3.05) is 42.9 Å². The number of rotatable bonds is 3. The van der Waals surface area contributed by atoms with E-state index >= 15 is 0 Å². The zero-order chi connectivity index (χ0) is 19.0. The van der Waals surface area contributed by atoms with Gasteiger partial charge in [0.05, 0.1) is 0 Å². The van der Waals surface area contributed by atoms with Gasteiger partial charge in [0.1, 0.15) is 10.7 Å². The van der Waals surface area contributed by atoms with Crippen LogP contribution in [0.5, 0.6) is 0 Å². The van der Waals surface area contributed by atoms with Crippen molar-refractivity contribution in [3.63, 3.8) is 0 Å². The van der Waals surface area contributed by atoms with Gasteiger partial charge in [-0.25, -0.2) is 4.98 Å². The largest absolute Gasteiger partial charge is 0.370 e. The smallest absolute Gasteiger partial charge is 0.285 e. The molecule has 4 rings (SSSR count). The maximum atomic E-state index is 12.3. The second kappa shape index (κ2) is 6.80. The highest BCUT2D eigenvalue weighted by Crippen LogP contribution is 2.28. The van der Waals surface area contributed by atoms with Crippen molar-refractivity contribution in [1.82, 2.24) is 14.9 Å². The molecule has 0 aliphatic carbocycles. The quantitative estimate of drug-likeness (QED) is 0.854. The van der Waals surface area contributed by atoms with Crippen molar-refractivity contribution in [2.24, 2.45) is 4.40 Å². The van der Waals surface area contributed by atoms with Crippen molar-refractivity contribution >= 4 is 27.6 Å². The van der Waals surface area contributed by atoms with Crippen LogP contribution in [-0.2, 0) is 10.0 Å². The molecule has 1 saturated heterocycles. The van der Waals surface area contributed by atoms with Crippen molar-refractivity contribution in [1.29, 1.82) is 0 Å². The highest BCUT2D eigenvalue weighted by Gasteiger charge is 2.33. The van der Waals surface area contributed by atoms with Crippen molar-refractivity contribution in [3.8, 4) is 0 Å². The summed E-state index contributed by atoms with van der Waals surface area (Å²) in [5, 5.41) is 3.23. The summed E-state index contributed by atoms with van der Waals surface area (Å²) in [4.78, 5) is 13.6. The van der Waals surface area contributed by atoms with Crippen LogP contribution in [0.25, 0.3) is 0 Å². The normalized spacial score (nSPS) is 18.2. The van der Waals surface area contributed by atoms with Gasteiger partial charge < -0.3 is 15.1 Å². The molecular weight excluding hydrogens is 364 g/mol. The van der Waals surface area contributed by atoms with E-state index in [1.807, 2.05) is 36.9 Å². The monoisotopic (exact) mass is 386 g/mol. The van der Waals surface area contributed by atoms with Crippen LogP contribution in [-0.4, -0.2) is 61.8 Å². The number of hydrogen-bond donors (Lipinski definition) is 1. The maximum Gasteiger partial charge on any atom is 0.285 e. The summed E-state index contributed by atoms with van der Waals surface area (Å²) in [6, 6.07) is 8.92. The van der Waals surface area contributed by atoms with Crippen LogP contribution in [0.2, 0.25) is 0 Å². The number of amidine groups is 1. The number of piperazine rings is 1. The predicted octanol–water partition coefficient (Wildman–Crippen LogP) is 1.49. The number of aromatic nitrogens is 2. The van der Waals surface area contributed by atoms with Crippen LogP contribution in [0.15, 0.2) is 39.6 Å². The van der Waals surface area contributed by atoms with Crippen LogP contribution in [0.4, 0.5) is 11.8 Å². The van der Waals surface area contributed by atoms with E-state index in [0.29, 0.717) is 48.4 Å². The van der Waals surface area contributed by atoms with E-state index in [1.165, 1.54) is 0 Å². The summed E-state index contributed by atoms with van der Waals surface area (Å²) in [7, 11) is -3.59. The molecule has 8 nitrogen and oxygen atoms in total. The zero-order valence-corrected chi connectivity index (χ0v) is 16.2. The standard InChI is InChI=1S/C18H22N6O2S/c1-3-19-16-12-13(2)20-18(21-16)24-10-8-23(9-11-24)17-14-6-4-5-7-15(14)27(25,26)22-17/h4-7,12H,3,8-11H2,1-2H3,(H,19,20,21). The molecule has 142 valence electrons.